The molecule has 0 spiro atoms. The highest BCUT2D eigenvalue weighted by Crippen LogP contribution is 2.30. The molecule has 2 N–H and O–H groups in total. The van der Waals surface area contributed by atoms with Gasteiger partial charge in [0.15, 0.2) is 17.0 Å². The number of aromatic nitrogens is 4. The number of para-hydroxylation sites is 1. The number of hydrogen-bond acceptors (Lipinski definition) is 7. The number of piperazine rings is 1. The number of benzene rings is 3. The third-order valence-corrected chi connectivity index (χ3v) is 8.06. The number of fused-ring (bicyclic) bond motifs is 1. The Morgan fingerprint density at radius 1 is 0.854 bits per heavy atom. The molecule has 0 bridgehead atoms. The third-order valence-electron chi connectivity index (χ3n) is 8.06. The average Bonchev–Trinajstić information content (AvgIpc) is 3.42. The van der Waals surface area contributed by atoms with Crippen LogP contribution >= 0.6 is 0 Å². The van der Waals surface area contributed by atoms with Gasteiger partial charge in [-0.1, -0.05) is 60.7 Å². The molecule has 0 aliphatic carbocycles. The van der Waals surface area contributed by atoms with Crippen LogP contribution in [0.3, 0.4) is 0 Å². The van der Waals surface area contributed by atoms with Gasteiger partial charge in [-0.25, -0.2) is 15.0 Å². The summed E-state index contributed by atoms with van der Waals surface area (Å²) >= 11 is 0. The van der Waals surface area contributed by atoms with Crippen molar-refractivity contribution >= 4 is 22.7 Å². The van der Waals surface area contributed by atoms with E-state index in [1.807, 2.05) is 60.7 Å². The molecule has 41 heavy (non-hydrogen) atoms. The Hall–Kier alpha value is -4.27. The maximum Gasteiger partial charge on any atom is 0.170 e. The largest absolute Gasteiger partial charge is 0.391 e. The van der Waals surface area contributed by atoms with Gasteiger partial charge < -0.3 is 15.3 Å². The molecule has 1 fully saturated rings. The van der Waals surface area contributed by atoms with Crippen LogP contribution in [-0.2, 0) is 0 Å². The molecule has 1 saturated heterocycles. The number of imidazole rings is 1. The van der Waals surface area contributed by atoms with Gasteiger partial charge >= 0.3 is 0 Å². The first-order chi connectivity index (χ1) is 20.1. The zero-order chi connectivity index (χ0) is 28.2. The predicted octanol–water partition coefficient (Wildman–Crippen LogP) is 5.08. The Labute approximate surface area is 241 Å². The van der Waals surface area contributed by atoms with E-state index < -0.39 is 6.10 Å². The number of aryl methyl sites for hydroxylation is 1. The number of rotatable bonds is 9. The topological polar surface area (TPSA) is 82.3 Å². The molecule has 1 unspecified atom stereocenters. The molecule has 8 nitrogen and oxygen atoms in total. The lowest BCUT2D eigenvalue weighted by molar-refractivity contribution is 0.148. The highest BCUT2D eigenvalue weighted by atomic mass is 16.3. The zero-order valence-electron chi connectivity index (χ0n) is 23.7. The van der Waals surface area contributed by atoms with Gasteiger partial charge in [0.05, 0.1) is 6.10 Å². The zero-order valence-corrected chi connectivity index (χ0v) is 23.7. The number of aliphatic hydroxyl groups is 1. The molecule has 1 atom stereocenters. The first-order valence-electron chi connectivity index (χ1n) is 14.4. The molecule has 2 aromatic heterocycles. The van der Waals surface area contributed by atoms with Crippen molar-refractivity contribution in [2.75, 3.05) is 49.5 Å². The summed E-state index contributed by atoms with van der Waals surface area (Å²) in [6.45, 7) is 9.65. The summed E-state index contributed by atoms with van der Waals surface area (Å²) in [6, 6.07) is 26.8. The van der Waals surface area contributed by atoms with E-state index >= 15 is 0 Å². The number of nitrogens with one attached hydrogen (secondary N) is 1. The van der Waals surface area contributed by atoms with Gasteiger partial charge in [-0.2, -0.15) is 0 Å². The molecule has 0 saturated carbocycles. The van der Waals surface area contributed by atoms with E-state index in [4.69, 9.17) is 4.98 Å². The second-order valence-electron chi connectivity index (χ2n) is 10.7. The van der Waals surface area contributed by atoms with Crippen LogP contribution in [0.5, 0.6) is 0 Å². The Morgan fingerprint density at radius 2 is 1.59 bits per heavy atom. The van der Waals surface area contributed by atoms with Gasteiger partial charge in [0, 0.05) is 56.2 Å². The lowest BCUT2D eigenvalue weighted by Gasteiger charge is -2.37. The van der Waals surface area contributed by atoms with Crippen LogP contribution in [0, 0.1) is 13.8 Å². The molecule has 8 heteroatoms. The van der Waals surface area contributed by atoms with Crippen molar-refractivity contribution in [3.8, 4) is 17.1 Å². The van der Waals surface area contributed by atoms with Crippen molar-refractivity contribution in [3.63, 3.8) is 0 Å². The molecule has 0 amide bonds. The molecule has 6 rings (SSSR count). The van der Waals surface area contributed by atoms with Crippen LogP contribution in [0.2, 0.25) is 0 Å². The number of nitrogens with zero attached hydrogens (tertiary/aromatic N) is 6. The van der Waals surface area contributed by atoms with E-state index in [-0.39, 0.29) is 0 Å². The molecule has 3 aromatic carbocycles. The predicted molar refractivity (Wildman–Crippen MR) is 166 cm³/mol. The van der Waals surface area contributed by atoms with Gasteiger partial charge in [0.1, 0.15) is 12.2 Å². The van der Waals surface area contributed by atoms with Crippen molar-refractivity contribution < 1.29 is 5.11 Å². The molecule has 5 aromatic rings. The van der Waals surface area contributed by atoms with E-state index in [0.29, 0.717) is 24.3 Å². The molecule has 0 radical (unpaired) electrons. The Morgan fingerprint density at radius 3 is 2.34 bits per heavy atom. The molecular formula is C33H37N7O. The number of aliphatic hydroxyl groups excluding tert-OH is 1. The number of anilines is 2. The van der Waals surface area contributed by atoms with E-state index in [1.54, 1.807) is 6.33 Å². The van der Waals surface area contributed by atoms with Crippen LogP contribution in [-0.4, -0.2) is 74.9 Å². The van der Waals surface area contributed by atoms with Crippen molar-refractivity contribution in [1.29, 1.82) is 0 Å². The van der Waals surface area contributed by atoms with E-state index in [0.717, 1.165) is 55.4 Å². The van der Waals surface area contributed by atoms with E-state index in [1.165, 1.54) is 16.8 Å². The summed E-state index contributed by atoms with van der Waals surface area (Å²) in [4.78, 5) is 19.0. The number of hydrogen-bond donors (Lipinski definition) is 2. The van der Waals surface area contributed by atoms with E-state index in [2.05, 4.69) is 61.7 Å². The Balaban J connectivity index is 1.11. The highest BCUT2D eigenvalue weighted by molar-refractivity contribution is 5.88. The summed E-state index contributed by atoms with van der Waals surface area (Å²) in [7, 11) is 0. The molecule has 1 aliphatic rings. The van der Waals surface area contributed by atoms with Crippen molar-refractivity contribution in [3.05, 3.63) is 96.3 Å². The Bertz CT molecular complexity index is 1590. The SMILES string of the molecule is Cc1cccc(N2CCN(CCC(O)CNc3ncnc4c3nc(-c3ccccc3)n4-c3ccccc3)CC2)c1C. The molecule has 3 heterocycles. The molecular weight excluding hydrogens is 510 g/mol. The van der Waals surface area contributed by atoms with Gasteiger partial charge in [-0.05, 0) is 49.6 Å². The van der Waals surface area contributed by atoms with Crippen molar-refractivity contribution in [1.82, 2.24) is 24.4 Å². The monoisotopic (exact) mass is 547 g/mol. The quantitative estimate of drug-likeness (QED) is 0.266. The highest BCUT2D eigenvalue weighted by Gasteiger charge is 2.21. The van der Waals surface area contributed by atoms with Crippen LogP contribution in [0.1, 0.15) is 17.5 Å². The van der Waals surface area contributed by atoms with Crippen molar-refractivity contribution in [2.24, 2.45) is 0 Å². The summed E-state index contributed by atoms with van der Waals surface area (Å²) in [5, 5.41) is 14.2. The summed E-state index contributed by atoms with van der Waals surface area (Å²) < 4.78 is 2.06. The minimum absolute atomic E-state index is 0.396. The first kappa shape index (κ1) is 26.9. The minimum Gasteiger partial charge on any atom is -0.391 e. The third kappa shape index (κ3) is 5.80. The molecule has 210 valence electrons. The van der Waals surface area contributed by atoms with Gasteiger partial charge in [-0.15, -0.1) is 0 Å². The second-order valence-corrected chi connectivity index (χ2v) is 10.7. The van der Waals surface area contributed by atoms with E-state index in [9.17, 15) is 5.11 Å². The fourth-order valence-electron chi connectivity index (χ4n) is 5.56. The Kier molecular flexibility index (Phi) is 7.93. The summed E-state index contributed by atoms with van der Waals surface area (Å²) in [5.74, 6) is 1.43. The van der Waals surface area contributed by atoms with Gasteiger partial charge in [0.25, 0.3) is 0 Å². The van der Waals surface area contributed by atoms with Crippen molar-refractivity contribution in [2.45, 2.75) is 26.4 Å². The maximum atomic E-state index is 10.9. The van der Waals surface area contributed by atoms with Crippen LogP contribution in [0.25, 0.3) is 28.2 Å². The maximum absolute atomic E-state index is 10.9. The average molecular weight is 548 g/mol. The molecule has 1 aliphatic heterocycles. The first-order valence-corrected chi connectivity index (χ1v) is 14.4. The van der Waals surface area contributed by atoms with Crippen LogP contribution in [0.15, 0.2) is 85.2 Å². The van der Waals surface area contributed by atoms with Crippen LogP contribution in [0.4, 0.5) is 11.5 Å². The fraction of sp³-hybridized carbons (Fsp3) is 0.303. The lowest BCUT2D eigenvalue weighted by Crippen LogP contribution is -2.47. The van der Waals surface area contributed by atoms with Gasteiger partial charge in [-0.3, -0.25) is 9.47 Å². The summed E-state index contributed by atoms with van der Waals surface area (Å²) in [6.07, 6.45) is 1.75. The summed E-state index contributed by atoms with van der Waals surface area (Å²) in [5.41, 5.74) is 7.44. The fourth-order valence-corrected chi connectivity index (χ4v) is 5.56. The normalized spacial score (nSPS) is 14.9. The van der Waals surface area contributed by atoms with Crippen LogP contribution < -0.4 is 10.2 Å². The standard InChI is InChI=1S/C33H37N7O/c1-24-10-9-15-29(25(24)2)39-20-18-38(19-21-39)17-16-28(41)22-34-31-30-33(36-23-35-31)40(27-13-7-4-8-14-27)32(37-30)26-11-5-3-6-12-26/h3-15,23,28,41H,16-22H2,1-2H3,(H,34,35,36). The lowest BCUT2D eigenvalue weighted by atomic mass is 10.1. The van der Waals surface area contributed by atoms with Gasteiger partial charge in [0.2, 0.25) is 0 Å². The smallest absolute Gasteiger partial charge is 0.170 e. The second kappa shape index (κ2) is 12.1. The minimum atomic E-state index is -0.498.